The van der Waals surface area contributed by atoms with Gasteiger partial charge >= 0.3 is 0 Å². The molecular weight excluding hydrogens is 526 g/mol. The lowest BCUT2D eigenvalue weighted by molar-refractivity contribution is 0.0561. The lowest BCUT2D eigenvalue weighted by Crippen LogP contribution is -2.48. The van der Waals surface area contributed by atoms with Crippen molar-refractivity contribution < 1.29 is 9.53 Å². The van der Waals surface area contributed by atoms with E-state index in [1.54, 1.807) is 12.6 Å². The Labute approximate surface area is 247 Å². The van der Waals surface area contributed by atoms with Gasteiger partial charge in [-0.3, -0.25) is 4.79 Å². The van der Waals surface area contributed by atoms with Gasteiger partial charge in [-0.25, -0.2) is 4.98 Å². The van der Waals surface area contributed by atoms with Crippen molar-refractivity contribution in [3.05, 3.63) is 75.2 Å². The van der Waals surface area contributed by atoms with E-state index in [0.717, 1.165) is 60.3 Å². The molecule has 5 nitrogen and oxygen atoms in total. The Kier molecular flexibility index (Phi) is 6.82. The van der Waals surface area contributed by atoms with E-state index in [-0.39, 0.29) is 23.5 Å². The number of hydrogen-bond donors (Lipinski definition) is 1. The smallest absolute Gasteiger partial charge is 0.275 e. The third kappa shape index (κ3) is 4.54. The Bertz CT molecular complexity index is 1470. The third-order valence-electron chi connectivity index (χ3n) is 10.4. The molecule has 2 aromatic carbocycles. The van der Waals surface area contributed by atoms with Crippen molar-refractivity contribution in [2.75, 3.05) is 12.4 Å². The highest BCUT2D eigenvalue weighted by Gasteiger charge is 2.57. The molecule has 4 saturated carbocycles. The summed E-state index contributed by atoms with van der Waals surface area (Å²) in [5.74, 6) is 6.11. The number of nitrogens with one attached hydrogen (secondary N) is 1. The van der Waals surface area contributed by atoms with Crippen molar-refractivity contribution in [2.24, 2.45) is 17.8 Å². The van der Waals surface area contributed by atoms with Gasteiger partial charge < -0.3 is 15.0 Å². The first-order valence-electron chi connectivity index (χ1n) is 15.3. The summed E-state index contributed by atoms with van der Waals surface area (Å²) in [4.78, 5) is 21.5. The van der Waals surface area contributed by atoms with Crippen LogP contribution in [0.15, 0.2) is 48.0 Å². The third-order valence-corrected chi connectivity index (χ3v) is 11.2. The van der Waals surface area contributed by atoms with Gasteiger partial charge in [-0.05, 0) is 104 Å². The zero-order valence-electron chi connectivity index (χ0n) is 24.1. The Hall–Kier alpha value is -3.30. The predicted molar refractivity (Wildman–Crippen MR) is 164 cm³/mol. The van der Waals surface area contributed by atoms with E-state index in [4.69, 9.17) is 11.2 Å². The lowest BCUT2D eigenvalue weighted by atomic mass is 9.80. The topological polar surface area (TPSA) is 54.5 Å². The maximum atomic E-state index is 14.3. The van der Waals surface area contributed by atoms with Crippen molar-refractivity contribution in [2.45, 2.75) is 82.3 Å². The number of methoxy groups -OCH3 is 1. The van der Waals surface area contributed by atoms with Crippen molar-refractivity contribution in [1.29, 1.82) is 0 Å². The minimum atomic E-state index is -0.225. The number of unbranched alkanes of at least 4 members (excludes halogenated alkanes) is 1. The molecule has 4 unspecified atom stereocenters. The second-order valence-corrected chi connectivity index (χ2v) is 13.7. The van der Waals surface area contributed by atoms with Crippen molar-refractivity contribution in [3.8, 4) is 18.1 Å². The monoisotopic (exact) mass is 565 g/mol. The fraction of sp³-hybridized carbons (Fsp3) is 0.486. The van der Waals surface area contributed by atoms with E-state index >= 15 is 0 Å². The van der Waals surface area contributed by atoms with Gasteiger partial charge in [0.05, 0.1) is 18.7 Å². The van der Waals surface area contributed by atoms with Crippen molar-refractivity contribution in [1.82, 2.24) is 9.88 Å². The second kappa shape index (κ2) is 10.5. The van der Waals surface area contributed by atoms with Crippen molar-refractivity contribution >= 4 is 22.9 Å². The number of carbonyl (C=O) groups excluding carboxylic acids is 1. The normalized spacial score (nSPS) is 29.3. The number of terminal acetylenes is 1. The molecule has 6 heteroatoms. The summed E-state index contributed by atoms with van der Waals surface area (Å²) in [6.45, 7) is 2.20. The average Bonchev–Trinajstić information content (AvgIpc) is 3.63. The summed E-state index contributed by atoms with van der Waals surface area (Å²) >= 11 is 1.36. The van der Waals surface area contributed by atoms with E-state index in [2.05, 4.69) is 64.4 Å². The molecule has 8 rings (SSSR count). The predicted octanol–water partition coefficient (Wildman–Crippen LogP) is 7.47. The Morgan fingerprint density at radius 3 is 2.66 bits per heavy atom. The molecule has 0 saturated heterocycles. The summed E-state index contributed by atoms with van der Waals surface area (Å²) in [5, 5.41) is 4.02. The number of anilines is 1. The molecular formula is C35H39N3O2S. The standard InChI is InChI=1S/C35H39N3O2S/c1-4-6-7-28-17-25-18-29(40-3)12-13-30(25)33(38(28)34(39)32-31(5-2)41-21-36-32)24-8-10-27(11-9-24)37-35-19-22-14-23(20-35)16-26(35)15-22/h2,8-13,18,21-23,26,28,33,37H,4,6-7,14-17,19-20H2,1,3H3. The molecule has 1 amide bonds. The summed E-state index contributed by atoms with van der Waals surface area (Å²) in [5.41, 5.74) is 7.07. The Morgan fingerprint density at radius 2 is 1.95 bits per heavy atom. The van der Waals surface area contributed by atoms with Gasteiger partial charge in [0.2, 0.25) is 0 Å². The Balaban J connectivity index is 1.27. The SMILES string of the molecule is C#Cc1scnc1C(=O)N1C(CCCC)Cc2cc(OC)ccc2C1c1ccc(NC23CC4CC(CC2C4)C3)cc1. The number of thiazole rings is 1. The van der Waals surface area contributed by atoms with Gasteiger partial charge in [-0.2, -0.15) is 0 Å². The molecule has 2 heterocycles. The summed E-state index contributed by atoms with van der Waals surface area (Å²) in [6.07, 6.45) is 16.5. The fourth-order valence-corrected chi connectivity index (χ4v) is 9.41. The van der Waals surface area contributed by atoms with Gasteiger partial charge in [0.1, 0.15) is 10.6 Å². The number of rotatable bonds is 8. The van der Waals surface area contributed by atoms with E-state index in [9.17, 15) is 4.79 Å². The lowest BCUT2D eigenvalue weighted by Gasteiger charge is -2.44. The number of carbonyl (C=O) groups is 1. The van der Waals surface area contributed by atoms with E-state index in [1.807, 2.05) is 6.07 Å². The first kappa shape index (κ1) is 26.6. The molecule has 1 aliphatic heterocycles. The zero-order valence-corrected chi connectivity index (χ0v) is 24.9. The number of nitrogens with zero attached hydrogens (tertiary/aromatic N) is 2. The van der Waals surface area contributed by atoms with Crippen LogP contribution in [0.4, 0.5) is 5.69 Å². The first-order valence-corrected chi connectivity index (χ1v) is 16.2. The molecule has 0 radical (unpaired) electrons. The second-order valence-electron chi connectivity index (χ2n) is 12.8. The van der Waals surface area contributed by atoms with Gasteiger partial charge in [0, 0.05) is 17.3 Å². The van der Waals surface area contributed by atoms with Crippen LogP contribution in [0.2, 0.25) is 0 Å². The summed E-state index contributed by atoms with van der Waals surface area (Å²) < 4.78 is 5.60. The molecule has 4 aliphatic carbocycles. The molecule has 5 aliphatic rings. The molecule has 0 spiro atoms. The minimum absolute atomic E-state index is 0.0422. The van der Waals surface area contributed by atoms with Gasteiger partial charge in [0.15, 0.2) is 5.69 Å². The largest absolute Gasteiger partial charge is 0.497 e. The fourth-order valence-electron chi connectivity index (χ4n) is 8.83. The molecule has 1 aromatic heterocycles. The van der Waals surface area contributed by atoms with Gasteiger partial charge in [-0.1, -0.05) is 43.9 Å². The zero-order chi connectivity index (χ0) is 28.1. The van der Waals surface area contributed by atoms with Gasteiger partial charge in [-0.15, -0.1) is 17.8 Å². The number of fused-ring (bicyclic) bond motifs is 1. The number of benzene rings is 2. The van der Waals surface area contributed by atoms with Crippen LogP contribution in [-0.4, -0.2) is 34.5 Å². The Morgan fingerprint density at radius 1 is 1.17 bits per heavy atom. The van der Waals surface area contributed by atoms with Crippen LogP contribution in [0.5, 0.6) is 5.75 Å². The van der Waals surface area contributed by atoms with Crippen LogP contribution in [-0.2, 0) is 6.42 Å². The van der Waals surface area contributed by atoms with Crippen LogP contribution in [0.3, 0.4) is 0 Å². The number of ether oxygens (including phenoxy) is 1. The molecule has 4 atom stereocenters. The van der Waals surface area contributed by atoms with E-state index in [1.165, 1.54) is 54.7 Å². The first-order chi connectivity index (χ1) is 20.0. The number of hydrogen-bond acceptors (Lipinski definition) is 5. The number of aromatic nitrogens is 1. The minimum Gasteiger partial charge on any atom is -0.497 e. The highest BCUT2D eigenvalue weighted by molar-refractivity contribution is 7.10. The molecule has 1 N–H and O–H groups in total. The van der Waals surface area contributed by atoms with Crippen LogP contribution in [0, 0.1) is 30.1 Å². The molecule has 4 bridgehead atoms. The van der Waals surface area contributed by atoms with Crippen molar-refractivity contribution in [3.63, 3.8) is 0 Å². The maximum absolute atomic E-state index is 14.3. The van der Waals surface area contributed by atoms with E-state index in [0.29, 0.717) is 10.6 Å². The van der Waals surface area contributed by atoms with Crippen LogP contribution >= 0.6 is 11.3 Å². The molecule has 212 valence electrons. The van der Waals surface area contributed by atoms with E-state index < -0.39 is 0 Å². The molecule has 3 aromatic rings. The molecule has 4 fully saturated rings. The van der Waals surface area contributed by atoms with Crippen LogP contribution < -0.4 is 10.1 Å². The highest BCUT2D eigenvalue weighted by Crippen LogP contribution is 2.61. The van der Waals surface area contributed by atoms with Gasteiger partial charge in [0.25, 0.3) is 5.91 Å². The van der Waals surface area contributed by atoms with Crippen LogP contribution in [0.1, 0.15) is 96.4 Å². The average molecular weight is 566 g/mol. The summed E-state index contributed by atoms with van der Waals surface area (Å²) in [6, 6.07) is 15.0. The quantitative estimate of drug-likeness (QED) is 0.288. The highest BCUT2D eigenvalue weighted by atomic mass is 32.1. The van der Waals surface area contributed by atoms with Crippen LogP contribution in [0.25, 0.3) is 0 Å². The number of amides is 1. The summed E-state index contributed by atoms with van der Waals surface area (Å²) in [7, 11) is 1.71. The molecule has 41 heavy (non-hydrogen) atoms. The maximum Gasteiger partial charge on any atom is 0.275 e.